The fourth-order valence-corrected chi connectivity index (χ4v) is 2.20. The van der Waals surface area contributed by atoms with E-state index in [0.717, 1.165) is 24.8 Å². The lowest BCUT2D eigenvalue weighted by Crippen LogP contribution is -2.24. The molecule has 6 nitrogen and oxygen atoms in total. The van der Waals surface area contributed by atoms with Gasteiger partial charge in [0.15, 0.2) is 5.82 Å². The Morgan fingerprint density at radius 2 is 2.15 bits per heavy atom. The maximum atomic E-state index is 12.1. The van der Waals surface area contributed by atoms with Crippen molar-refractivity contribution in [3.63, 3.8) is 0 Å². The van der Waals surface area contributed by atoms with Crippen LogP contribution in [0.25, 0.3) is 11.4 Å². The molecule has 2 N–H and O–H groups in total. The number of aromatic nitrogens is 4. The highest BCUT2D eigenvalue weighted by Gasteiger charge is 2.20. The zero-order valence-corrected chi connectivity index (χ0v) is 10.9. The van der Waals surface area contributed by atoms with Crippen molar-refractivity contribution < 1.29 is 4.79 Å². The summed E-state index contributed by atoms with van der Waals surface area (Å²) in [5.41, 5.74) is 0.883. The van der Waals surface area contributed by atoms with E-state index in [1.807, 2.05) is 18.2 Å². The molecule has 3 rings (SSSR count). The number of amides is 1. The molecular weight excluding hydrogens is 254 g/mol. The average Bonchev–Trinajstić information content (AvgIpc) is 2.97. The Hall–Kier alpha value is -2.50. The normalized spacial score (nSPS) is 17.9. The SMILES string of the molecule is O=C(Nc1n[nH]c(-c2ccncc2)n1)C1CC=CCC1. The van der Waals surface area contributed by atoms with Crippen molar-refractivity contribution in [2.24, 2.45) is 5.92 Å². The lowest BCUT2D eigenvalue weighted by molar-refractivity contribution is -0.120. The van der Waals surface area contributed by atoms with Gasteiger partial charge in [-0.1, -0.05) is 12.2 Å². The van der Waals surface area contributed by atoms with Crippen LogP contribution in [0.3, 0.4) is 0 Å². The van der Waals surface area contributed by atoms with Gasteiger partial charge in [-0.3, -0.25) is 20.2 Å². The van der Waals surface area contributed by atoms with Crippen LogP contribution in [0.2, 0.25) is 0 Å². The van der Waals surface area contributed by atoms with Crippen molar-refractivity contribution in [3.05, 3.63) is 36.7 Å². The molecule has 0 saturated heterocycles. The number of pyridine rings is 1. The number of carbonyl (C=O) groups is 1. The van der Waals surface area contributed by atoms with Crippen molar-refractivity contribution in [2.45, 2.75) is 19.3 Å². The van der Waals surface area contributed by atoms with Gasteiger partial charge in [-0.25, -0.2) is 0 Å². The van der Waals surface area contributed by atoms with Crippen molar-refractivity contribution in [1.29, 1.82) is 0 Å². The summed E-state index contributed by atoms with van der Waals surface area (Å²) < 4.78 is 0. The predicted octanol–water partition coefficient (Wildman–Crippen LogP) is 2.16. The summed E-state index contributed by atoms with van der Waals surface area (Å²) in [7, 11) is 0. The van der Waals surface area contributed by atoms with E-state index in [2.05, 4.69) is 31.6 Å². The number of allylic oxidation sites excluding steroid dienone is 2. The second-order valence-electron chi connectivity index (χ2n) is 4.71. The van der Waals surface area contributed by atoms with Crippen LogP contribution in [0, 0.1) is 5.92 Å². The molecule has 2 aromatic rings. The maximum Gasteiger partial charge on any atom is 0.249 e. The highest BCUT2D eigenvalue weighted by Crippen LogP contribution is 2.20. The van der Waals surface area contributed by atoms with Crippen molar-refractivity contribution >= 4 is 11.9 Å². The maximum absolute atomic E-state index is 12.1. The lowest BCUT2D eigenvalue weighted by atomic mass is 9.94. The van der Waals surface area contributed by atoms with Gasteiger partial charge in [-0.15, -0.1) is 5.10 Å². The Kier molecular flexibility index (Phi) is 3.54. The van der Waals surface area contributed by atoms with Crippen molar-refractivity contribution in [1.82, 2.24) is 20.2 Å². The molecule has 20 heavy (non-hydrogen) atoms. The third-order valence-electron chi connectivity index (χ3n) is 3.31. The van der Waals surface area contributed by atoms with E-state index in [1.54, 1.807) is 12.4 Å². The van der Waals surface area contributed by atoms with Crippen LogP contribution in [0.15, 0.2) is 36.7 Å². The number of hydrogen-bond donors (Lipinski definition) is 2. The fraction of sp³-hybridized carbons (Fsp3) is 0.286. The first-order valence-corrected chi connectivity index (χ1v) is 6.61. The number of hydrogen-bond acceptors (Lipinski definition) is 4. The first-order chi connectivity index (χ1) is 9.83. The number of H-pyrrole nitrogens is 1. The Bertz CT molecular complexity index is 620. The van der Waals surface area contributed by atoms with Crippen LogP contribution in [0.5, 0.6) is 0 Å². The third kappa shape index (κ3) is 2.74. The van der Waals surface area contributed by atoms with Crippen molar-refractivity contribution in [3.8, 4) is 11.4 Å². The van der Waals surface area contributed by atoms with E-state index >= 15 is 0 Å². The minimum atomic E-state index is -0.0189. The highest BCUT2D eigenvalue weighted by molar-refractivity contribution is 5.91. The summed E-state index contributed by atoms with van der Waals surface area (Å²) >= 11 is 0. The number of nitrogens with zero attached hydrogens (tertiary/aromatic N) is 3. The number of rotatable bonds is 3. The highest BCUT2D eigenvalue weighted by atomic mass is 16.2. The Morgan fingerprint density at radius 3 is 2.90 bits per heavy atom. The predicted molar refractivity (Wildman–Crippen MR) is 74.7 cm³/mol. The molecule has 2 heterocycles. The fourth-order valence-electron chi connectivity index (χ4n) is 2.20. The molecule has 0 spiro atoms. The zero-order chi connectivity index (χ0) is 13.8. The molecule has 102 valence electrons. The van der Waals surface area contributed by atoms with E-state index in [0.29, 0.717) is 11.8 Å². The van der Waals surface area contributed by atoms with E-state index in [1.165, 1.54) is 0 Å². The topological polar surface area (TPSA) is 83.6 Å². The summed E-state index contributed by atoms with van der Waals surface area (Å²) in [5, 5.41) is 9.59. The molecule has 0 aliphatic heterocycles. The van der Waals surface area contributed by atoms with Crippen LogP contribution in [0.1, 0.15) is 19.3 Å². The summed E-state index contributed by atoms with van der Waals surface area (Å²) in [6.45, 7) is 0. The molecule has 0 fully saturated rings. The van der Waals surface area contributed by atoms with Crippen LogP contribution < -0.4 is 5.32 Å². The third-order valence-corrected chi connectivity index (χ3v) is 3.31. The lowest BCUT2D eigenvalue weighted by Gasteiger charge is -2.15. The van der Waals surface area contributed by atoms with Gasteiger partial charge in [-0.2, -0.15) is 4.98 Å². The first-order valence-electron chi connectivity index (χ1n) is 6.61. The van der Waals surface area contributed by atoms with Gasteiger partial charge < -0.3 is 0 Å². The second kappa shape index (κ2) is 5.64. The van der Waals surface area contributed by atoms with Gasteiger partial charge in [0.1, 0.15) is 0 Å². The first kappa shape index (κ1) is 12.5. The smallest absolute Gasteiger partial charge is 0.249 e. The molecule has 1 unspecified atom stereocenters. The molecule has 1 atom stereocenters. The molecule has 6 heteroatoms. The van der Waals surface area contributed by atoms with Gasteiger partial charge in [0.25, 0.3) is 0 Å². The summed E-state index contributed by atoms with van der Waals surface area (Å²) in [4.78, 5) is 20.3. The largest absolute Gasteiger partial charge is 0.293 e. The minimum absolute atomic E-state index is 0.0166. The molecule has 2 aromatic heterocycles. The number of carbonyl (C=O) groups excluding carboxylic acids is 1. The van der Waals surface area contributed by atoms with E-state index in [-0.39, 0.29) is 11.8 Å². The zero-order valence-electron chi connectivity index (χ0n) is 10.9. The molecule has 1 amide bonds. The Labute approximate surface area is 116 Å². The van der Waals surface area contributed by atoms with Crippen LogP contribution in [-0.2, 0) is 4.79 Å². The molecule has 0 saturated carbocycles. The minimum Gasteiger partial charge on any atom is -0.293 e. The van der Waals surface area contributed by atoms with E-state index in [4.69, 9.17) is 0 Å². The molecular formula is C14H15N5O. The number of nitrogens with one attached hydrogen (secondary N) is 2. The monoisotopic (exact) mass is 269 g/mol. The Balaban J connectivity index is 1.68. The molecule has 0 bridgehead atoms. The van der Waals surface area contributed by atoms with Crippen LogP contribution in [0.4, 0.5) is 5.95 Å². The van der Waals surface area contributed by atoms with Gasteiger partial charge >= 0.3 is 0 Å². The number of anilines is 1. The Morgan fingerprint density at radius 1 is 1.30 bits per heavy atom. The van der Waals surface area contributed by atoms with Gasteiger partial charge in [0.2, 0.25) is 11.9 Å². The quantitative estimate of drug-likeness (QED) is 0.836. The summed E-state index contributed by atoms with van der Waals surface area (Å²) in [5.74, 6) is 0.931. The second-order valence-corrected chi connectivity index (χ2v) is 4.71. The average molecular weight is 269 g/mol. The molecule has 0 aromatic carbocycles. The van der Waals surface area contributed by atoms with E-state index < -0.39 is 0 Å². The van der Waals surface area contributed by atoms with Crippen LogP contribution >= 0.6 is 0 Å². The van der Waals surface area contributed by atoms with Gasteiger partial charge in [0.05, 0.1) is 0 Å². The molecule has 0 radical (unpaired) electrons. The summed E-state index contributed by atoms with van der Waals surface area (Å²) in [6, 6.07) is 3.66. The van der Waals surface area contributed by atoms with Gasteiger partial charge in [-0.05, 0) is 31.4 Å². The molecule has 1 aliphatic carbocycles. The number of aromatic amines is 1. The standard InChI is InChI=1S/C14H15N5O/c20-13(11-4-2-1-3-5-11)17-14-16-12(18-19-14)10-6-8-15-9-7-10/h1-2,6-9,11H,3-5H2,(H2,16,17,18,19,20). The van der Waals surface area contributed by atoms with Gasteiger partial charge in [0, 0.05) is 23.9 Å². The van der Waals surface area contributed by atoms with Crippen LogP contribution in [-0.4, -0.2) is 26.1 Å². The molecule has 1 aliphatic rings. The summed E-state index contributed by atoms with van der Waals surface area (Å²) in [6.07, 6.45) is 10.1. The van der Waals surface area contributed by atoms with E-state index in [9.17, 15) is 4.79 Å². The van der Waals surface area contributed by atoms with Crippen molar-refractivity contribution in [2.75, 3.05) is 5.32 Å².